The first-order valence-electron chi connectivity index (χ1n) is 24.9. The van der Waals surface area contributed by atoms with Crippen molar-refractivity contribution in [3.8, 4) is 44.9 Å². The van der Waals surface area contributed by atoms with Crippen molar-refractivity contribution in [3.63, 3.8) is 0 Å². The lowest BCUT2D eigenvalue weighted by Gasteiger charge is -2.20. The average molecular weight is 907 g/mol. The van der Waals surface area contributed by atoms with E-state index in [-0.39, 0.29) is 0 Å². The van der Waals surface area contributed by atoms with E-state index >= 15 is 0 Å². The predicted octanol–water partition coefficient (Wildman–Crippen LogP) is 18.5. The minimum Gasteiger partial charge on any atom is -0.493 e. The molecule has 2 nitrogen and oxygen atoms in total. The van der Waals surface area contributed by atoms with Gasteiger partial charge in [0.1, 0.15) is 11.5 Å². The van der Waals surface area contributed by atoms with Crippen LogP contribution in [0.1, 0.15) is 72.9 Å². The number of benzene rings is 10. The van der Waals surface area contributed by atoms with Crippen LogP contribution in [0.25, 0.3) is 78.2 Å². The van der Waals surface area contributed by atoms with Crippen LogP contribution in [0.2, 0.25) is 0 Å². The van der Waals surface area contributed by atoms with Crippen LogP contribution in [0.3, 0.4) is 0 Å². The molecule has 10 rings (SSSR count). The summed E-state index contributed by atoms with van der Waals surface area (Å²) in [5, 5.41) is 4.58. The summed E-state index contributed by atoms with van der Waals surface area (Å²) in [4.78, 5) is 0. The van der Waals surface area contributed by atoms with Gasteiger partial charge in [-0.05, 0) is 138 Å². The van der Waals surface area contributed by atoms with Gasteiger partial charge in [0.05, 0.1) is 13.2 Å². The Morgan fingerprint density at radius 1 is 0.343 bits per heavy atom. The maximum absolute atomic E-state index is 6.72. The fourth-order valence-electron chi connectivity index (χ4n) is 9.40. The van der Waals surface area contributed by atoms with E-state index in [0.717, 1.165) is 81.0 Å². The van der Waals surface area contributed by atoms with Gasteiger partial charge in [0, 0.05) is 11.1 Å². The third kappa shape index (κ3) is 10.3. The first-order valence-corrected chi connectivity index (χ1v) is 24.9. The van der Waals surface area contributed by atoms with Gasteiger partial charge >= 0.3 is 0 Å². The quantitative estimate of drug-likeness (QED) is 0.0669. The summed E-state index contributed by atoms with van der Waals surface area (Å²) >= 11 is 0. The van der Waals surface area contributed by atoms with Gasteiger partial charge in [0.2, 0.25) is 0 Å². The maximum Gasteiger partial charge on any atom is 0.127 e. The Balaban J connectivity index is 1.02. The highest BCUT2D eigenvalue weighted by molar-refractivity contribution is 6.11. The normalized spacial score (nSPS) is 11.1. The molecule has 0 spiro atoms. The summed E-state index contributed by atoms with van der Waals surface area (Å²) in [5.41, 5.74) is 16.3. The largest absolute Gasteiger partial charge is 0.493 e. The van der Waals surface area contributed by atoms with Crippen molar-refractivity contribution in [1.29, 1.82) is 0 Å². The molecule has 0 bridgehead atoms. The van der Waals surface area contributed by atoms with Crippen LogP contribution in [0.4, 0.5) is 0 Å². The van der Waals surface area contributed by atoms with Crippen LogP contribution in [0, 0.1) is 0 Å². The molecule has 0 saturated carbocycles. The molecule has 0 saturated heterocycles. The van der Waals surface area contributed by atoms with E-state index in [2.05, 4.69) is 257 Å². The van der Waals surface area contributed by atoms with E-state index in [4.69, 9.17) is 9.47 Å². The highest BCUT2D eigenvalue weighted by atomic mass is 16.5. The second-order valence-corrected chi connectivity index (χ2v) is 18.0. The predicted molar refractivity (Wildman–Crippen MR) is 298 cm³/mol. The van der Waals surface area contributed by atoms with E-state index in [0.29, 0.717) is 13.2 Å². The first kappa shape index (κ1) is 45.6. The first-order chi connectivity index (χ1) is 34.6. The van der Waals surface area contributed by atoms with Crippen molar-refractivity contribution in [3.05, 3.63) is 264 Å². The van der Waals surface area contributed by atoms with Crippen LogP contribution >= 0.6 is 0 Å². The van der Waals surface area contributed by atoms with Gasteiger partial charge in [-0.2, -0.15) is 0 Å². The molecule has 10 aromatic rings. The zero-order chi connectivity index (χ0) is 47.5. The van der Waals surface area contributed by atoms with Gasteiger partial charge in [-0.1, -0.05) is 233 Å². The van der Waals surface area contributed by atoms with Gasteiger partial charge in [0.25, 0.3) is 0 Å². The molecule has 0 aromatic heterocycles. The fourth-order valence-corrected chi connectivity index (χ4v) is 9.40. The topological polar surface area (TPSA) is 18.5 Å². The Labute approximate surface area is 413 Å². The summed E-state index contributed by atoms with van der Waals surface area (Å²) in [6.45, 7) is 5.71. The smallest absolute Gasteiger partial charge is 0.127 e. The monoisotopic (exact) mass is 906 g/mol. The van der Waals surface area contributed by atoms with Crippen LogP contribution < -0.4 is 9.47 Å². The maximum atomic E-state index is 6.72. The third-order valence-electron chi connectivity index (χ3n) is 13.2. The molecular weight excluding hydrogens is 849 g/mol. The van der Waals surface area contributed by atoms with Crippen molar-refractivity contribution in [1.82, 2.24) is 0 Å². The van der Waals surface area contributed by atoms with Gasteiger partial charge in [-0.15, -0.1) is 0 Å². The number of ether oxygens (including phenoxy) is 2. The van der Waals surface area contributed by atoms with Crippen LogP contribution in [-0.4, -0.2) is 13.2 Å². The molecule has 342 valence electrons. The molecule has 0 amide bonds. The van der Waals surface area contributed by atoms with Gasteiger partial charge in [-0.25, -0.2) is 0 Å². The summed E-state index contributed by atoms with van der Waals surface area (Å²) in [5.74, 6) is 1.76. The van der Waals surface area contributed by atoms with Crippen molar-refractivity contribution in [2.24, 2.45) is 0 Å². The minimum atomic E-state index is 0.647. The lowest BCUT2D eigenvalue weighted by molar-refractivity contribution is 0.306. The van der Waals surface area contributed by atoms with Gasteiger partial charge in [-0.3, -0.25) is 0 Å². The minimum absolute atomic E-state index is 0.647. The van der Waals surface area contributed by atoms with Crippen molar-refractivity contribution in [2.75, 3.05) is 13.2 Å². The van der Waals surface area contributed by atoms with Crippen molar-refractivity contribution in [2.45, 2.75) is 39.5 Å². The molecule has 10 aromatic carbocycles. The van der Waals surface area contributed by atoms with Crippen LogP contribution in [0.15, 0.2) is 231 Å². The van der Waals surface area contributed by atoms with Crippen LogP contribution in [0.5, 0.6) is 11.5 Å². The Morgan fingerprint density at radius 3 is 1.00 bits per heavy atom. The van der Waals surface area contributed by atoms with E-state index in [1.807, 2.05) is 0 Å². The molecule has 0 radical (unpaired) electrons. The molecule has 2 heteroatoms. The molecule has 0 fully saturated rings. The molecular formula is C68H58O2. The summed E-state index contributed by atoms with van der Waals surface area (Å²) in [6, 6.07) is 82.9. The van der Waals surface area contributed by atoms with Gasteiger partial charge in [0.15, 0.2) is 0 Å². The van der Waals surface area contributed by atoms with Gasteiger partial charge < -0.3 is 9.47 Å². The molecule has 0 heterocycles. The van der Waals surface area contributed by atoms with Crippen molar-refractivity contribution < 1.29 is 9.47 Å². The second-order valence-electron chi connectivity index (χ2n) is 18.0. The zero-order valence-electron chi connectivity index (χ0n) is 40.2. The SMILES string of the molecule is CCCCOc1ccc2cc(-c3ccc(C=C(c4ccccc4)c4ccccc4)cc3)ccc2c1-c1c(OCCCC)ccc2cc(-c3ccc(C=C(c4ccccc4)c4ccccc4)cc3)ccc12. The second kappa shape index (κ2) is 21.8. The van der Waals surface area contributed by atoms with E-state index in [9.17, 15) is 0 Å². The number of unbranched alkanes of at least 4 members (excludes halogenated alkanes) is 2. The molecule has 70 heavy (non-hydrogen) atoms. The standard InChI is InChI=1S/C68H58O2/c1-3-5-43-69-65-41-37-59-47-57(51-31-27-49(28-32-51)45-63(53-19-11-7-12-20-53)54-21-13-8-14-22-54)35-39-61(59)67(65)68-62-40-36-58(48-60(62)38-42-66(68)70-44-6-4-2)52-33-29-50(30-34-52)46-64(55-23-15-9-16-24-55)56-25-17-10-18-26-56/h7-42,45-48H,3-6,43-44H2,1-2H3. The lowest BCUT2D eigenvalue weighted by atomic mass is 9.89. The summed E-state index contributed by atoms with van der Waals surface area (Å²) < 4.78 is 13.4. The van der Waals surface area contributed by atoms with E-state index < -0.39 is 0 Å². The number of hydrogen-bond acceptors (Lipinski definition) is 2. The zero-order valence-corrected chi connectivity index (χ0v) is 40.2. The lowest BCUT2D eigenvalue weighted by Crippen LogP contribution is -2.02. The number of fused-ring (bicyclic) bond motifs is 2. The molecule has 0 aliphatic rings. The number of hydrogen-bond donors (Lipinski definition) is 0. The molecule has 0 unspecified atom stereocenters. The third-order valence-corrected chi connectivity index (χ3v) is 13.2. The Kier molecular flexibility index (Phi) is 14.2. The average Bonchev–Trinajstić information content (AvgIpc) is 3.43. The Bertz CT molecular complexity index is 3070. The van der Waals surface area contributed by atoms with E-state index in [1.165, 1.54) is 55.7 Å². The number of rotatable bonds is 17. The highest BCUT2D eigenvalue weighted by Crippen LogP contribution is 2.47. The highest BCUT2D eigenvalue weighted by Gasteiger charge is 2.21. The Hall–Kier alpha value is -8.20. The fraction of sp³-hybridized carbons (Fsp3) is 0.118. The van der Waals surface area contributed by atoms with Crippen LogP contribution in [-0.2, 0) is 0 Å². The van der Waals surface area contributed by atoms with E-state index in [1.54, 1.807) is 0 Å². The molecule has 0 aliphatic heterocycles. The summed E-state index contributed by atoms with van der Waals surface area (Å²) in [7, 11) is 0. The molecule has 0 aliphatic carbocycles. The summed E-state index contributed by atoms with van der Waals surface area (Å²) in [6.07, 6.45) is 8.65. The Morgan fingerprint density at radius 2 is 0.671 bits per heavy atom. The molecule has 0 N–H and O–H groups in total. The molecule has 0 atom stereocenters. The van der Waals surface area contributed by atoms with Crippen molar-refractivity contribution >= 4 is 44.8 Å².